The highest BCUT2D eigenvalue weighted by Crippen LogP contribution is 2.22. The average molecular weight is 277 g/mol. The molecule has 1 atom stereocenters. The predicted octanol–water partition coefficient (Wildman–Crippen LogP) is 0.715. The SMILES string of the molecule is C[C@@H](CN1CCc2cc(O)ccc2C1)NC(=O)/C=N\O. The molecule has 108 valence electrons. The van der Waals surface area contributed by atoms with Crippen molar-refractivity contribution in [1.29, 1.82) is 0 Å². The molecule has 1 aromatic carbocycles. The monoisotopic (exact) mass is 277 g/mol. The molecule has 0 aliphatic carbocycles. The molecule has 0 bridgehead atoms. The number of oxime groups is 1. The Morgan fingerprint density at radius 3 is 3.10 bits per heavy atom. The Bertz CT molecular complexity index is 516. The van der Waals surface area contributed by atoms with Gasteiger partial charge in [0.25, 0.3) is 5.91 Å². The Kier molecular flexibility index (Phi) is 4.57. The molecule has 6 heteroatoms. The Morgan fingerprint density at radius 2 is 2.35 bits per heavy atom. The first-order valence-corrected chi connectivity index (χ1v) is 6.59. The second-order valence-electron chi connectivity index (χ2n) is 5.09. The van der Waals surface area contributed by atoms with Crippen LogP contribution in [0.25, 0.3) is 0 Å². The molecule has 0 spiro atoms. The number of fused-ring (bicyclic) bond motifs is 1. The van der Waals surface area contributed by atoms with E-state index < -0.39 is 5.91 Å². The predicted molar refractivity (Wildman–Crippen MR) is 75.0 cm³/mol. The van der Waals surface area contributed by atoms with Gasteiger partial charge in [0.2, 0.25) is 0 Å². The van der Waals surface area contributed by atoms with Crippen molar-refractivity contribution in [3.05, 3.63) is 29.3 Å². The Morgan fingerprint density at radius 1 is 1.55 bits per heavy atom. The van der Waals surface area contributed by atoms with E-state index in [4.69, 9.17) is 5.21 Å². The lowest BCUT2D eigenvalue weighted by atomic mass is 9.99. The fourth-order valence-electron chi connectivity index (χ4n) is 2.52. The minimum Gasteiger partial charge on any atom is -0.508 e. The molecule has 20 heavy (non-hydrogen) atoms. The summed E-state index contributed by atoms with van der Waals surface area (Å²) in [6.07, 6.45) is 1.74. The Hall–Kier alpha value is -2.08. The zero-order valence-electron chi connectivity index (χ0n) is 11.4. The minimum atomic E-state index is -0.401. The van der Waals surface area contributed by atoms with Gasteiger partial charge in [0, 0.05) is 25.7 Å². The molecule has 0 unspecified atom stereocenters. The number of carbonyl (C=O) groups excluding carboxylic acids is 1. The van der Waals surface area contributed by atoms with Crippen molar-refractivity contribution in [3.63, 3.8) is 0 Å². The van der Waals surface area contributed by atoms with E-state index in [-0.39, 0.29) is 6.04 Å². The van der Waals surface area contributed by atoms with E-state index in [9.17, 15) is 9.90 Å². The molecule has 0 saturated heterocycles. The smallest absolute Gasteiger partial charge is 0.266 e. The van der Waals surface area contributed by atoms with E-state index in [1.807, 2.05) is 19.1 Å². The standard InChI is InChI=1S/C14H19N3O3/c1-10(16-14(19)7-15-20)8-17-5-4-11-6-13(18)3-2-12(11)9-17/h2-3,6-7,10,18,20H,4-5,8-9H2,1H3,(H,16,19)/b15-7-/t10-/m0/s1. The molecule has 1 aromatic rings. The zero-order chi connectivity index (χ0) is 14.5. The number of nitrogens with one attached hydrogen (secondary N) is 1. The first-order valence-electron chi connectivity index (χ1n) is 6.59. The minimum absolute atomic E-state index is 0.0286. The molecule has 6 nitrogen and oxygen atoms in total. The Balaban J connectivity index is 1.90. The van der Waals surface area contributed by atoms with Crippen LogP contribution in [0, 0.1) is 0 Å². The third-order valence-corrected chi connectivity index (χ3v) is 3.38. The summed E-state index contributed by atoms with van der Waals surface area (Å²) in [7, 11) is 0. The zero-order valence-corrected chi connectivity index (χ0v) is 11.4. The molecule has 1 heterocycles. The number of amides is 1. The lowest BCUT2D eigenvalue weighted by Crippen LogP contribution is -2.44. The number of hydrogen-bond acceptors (Lipinski definition) is 5. The summed E-state index contributed by atoms with van der Waals surface area (Å²) in [4.78, 5) is 13.5. The van der Waals surface area contributed by atoms with Crippen LogP contribution in [0.3, 0.4) is 0 Å². The van der Waals surface area contributed by atoms with E-state index in [1.54, 1.807) is 6.07 Å². The summed E-state index contributed by atoms with van der Waals surface area (Å²) < 4.78 is 0. The van der Waals surface area contributed by atoms with Crippen molar-refractivity contribution < 1.29 is 15.1 Å². The first-order chi connectivity index (χ1) is 9.58. The third-order valence-electron chi connectivity index (χ3n) is 3.38. The normalized spacial score (nSPS) is 16.9. The van der Waals surface area contributed by atoms with Crippen molar-refractivity contribution in [2.24, 2.45) is 5.16 Å². The second kappa shape index (κ2) is 6.38. The molecule has 3 N–H and O–H groups in total. The van der Waals surface area contributed by atoms with E-state index in [0.29, 0.717) is 5.75 Å². The van der Waals surface area contributed by atoms with Crippen molar-refractivity contribution in [2.45, 2.75) is 25.9 Å². The van der Waals surface area contributed by atoms with Gasteiger partial charge in [-0.25, -0.2) is 0 Å². The number of phenols is 1. The van der Waals surface area contributed by atoms with E-state index in [1.165, 1.54) is 11.1 Å². The average Bonchev–Trinajstić information content (AvgIpc) is 2.39. The van der Waals surface area contributed by atoms with Crippen molar-refractivity contribution in [1.82, 2.24) is 10.2 Å². The van der Waals surface area contributed by atoms with Crippen molar-refractivity contribution in [3.8, 4) is 5.75 Å². The lowest BCUT2D eigenvalue weighted by molar-refractivity contribution is -0.115. The number of phenolic OH excluding ortho intramolecular Hbond substituents is 1. The number of aromatic hydroxyl groups is 1. The summed E-state index contributed by atoms with van der Waals surface area (Å²) >= 11 is 0. The van der Waals surface area contributed by atoms with Gasteiger partial charge in [-0.3, -0.25) is 9.69 Å². The van der Waals surface area contributed by atoms with Gasteiger partial charge in [-0.1, -0.05) is 11.2 Å². The van der Waals surface area contributed by atoms with Gasteiger partial charge in [-0.2, -0.15) is 0 Å². The van der Waals surface area contributed by atoms with Gasteiger partial charge < -0.3 is 15.6 Å². The molecule has 0 fully saturated rings. The van der Waals surface area contributed by atoms with Crippen LogP contribution in [0.1, 0.15) is 18.1 Å². The maximum absolute atomic E-state index is 11.3. The highest BCUT2D eigenvalue weighted by molar-refractivity contribution is 6.26. The number of rotatable bonds is 4. The van der Waals surface area contributed by atoms with E-state index in [0.717, 1.165) is 32.3 Å². The summed E-state index contributed by atoms with van der Waals surface area (Å²) in [6, 6.07) is 5.43. The van der Waals surface area contributed by atoms with Crippen molar-refractivity contribution >= 4 is 12.1 Å². The van der Waals surface area contributed by atoms with Crippen LogP contribution in [-0.2, 0) is 17.8 Å². The van der Waals surface area contributed by atoms with Gasteiger partial charge in [-0.15, -0.1) is 0 Å². The van der Waals surface area contributed by atoms with Gasteiger partial charge in [0.15, 0.2) is 0 Å². The van der Waals surface area contributed by atoms with Gasteiger partial charge in [0.1, 0.15) is 12.0 Å². The van der Waals surface area contributed by atoms with E-state index in [2.05, 4.69) is 15.4 Å². The fraction of sp³-hybridized carbons (Fsp3) is 0.429. The molecule has 1 aliphatic heterocycles. The van der Waals surface area contributed by atoms with Gasteiger partial charge >= 0.3 is 0 Å². The quantitative estimate of drug-likeness (QED) is 0.430. The van der Waals surface area contributed by atoms with Crippen LogP contribution >= 0.6 is 0 Å². The maximum Gasteiger partial charge on any atom is 0.266 e. The second-order valence-corrected chi connectivity index (χ2v) is 5.09. The number of benzene rings is 1. The third kappa shape index (κ3) is 3.71. The van der Waals surface area contributed by atoms with Crippen LogP contribution in [0.2, 0.25) is 0 Å². The molecule has 0 radical (unpaired) electrons. The lowest BCUT2D eigenvalue weighted by Gasteiger charge is -2.31. The fourth-order valence-corrected chi connectivity index (χ4v) is 2.52. The molecule has 0 saturated carbocycles. The molecular weight excluding hydrogens is 258 g/mol. The molecule has 1 amide bonds. The largest absolute Gasteiger partial charge is 0.508 e. The first kappa shape index (κ1) is 14.3. The van der Waals surface area contributed by atoms with Crippen LogP contribution in [0.15, 0.2) is 23.4 Å². The summed E-state index contributed by atoms with van der Waals surface area (Å²) in [5.41, 5.74) is 2.40. The highest BCUT2D eigenvalue weighted by atomic mass is 16.4. The van der Waals surface area contributed by atoms with Crippen LogP contribution in [0.4, 0.5) is 0 Å². The summed E-state index contributed by atoms with van der Waals surface area (Å²) in [5, 5.41) is 23.2. The van der Waals surface area contributed by atoms with Gasteiger partial charge in [-0.05, 0) is 36.6 Å². The van der Waals surface area contributed by atoms with E-state index >= 15 is 0 Å². The molecular formula is C14H19N3O3. The van der Waals surface area contributed by atoms with Gasteiger partial charge in [0.05, 0.1) is 0 Å². The number of carbonyl (C=O) groups is 1. The molecule has 1 aliphatic rings. The van der Waals surface area contributed by atoms with Crippen LogP contribution in [-0.4, -0.2) is 46.5 Å². The maximum atomic E-state index is 11.3. The Labute approximate surface area is 117 Å². The molecule has 0 aromatic heterocycles. The van der Waals surface area contributed by atoms with Crippen molar-refractivity contribution in [2.75, 3.05) is 13.1 Å². The van der Waals surface area contributed by atoms with Crippen LogP contribution in [0.5, 0.6) is 5.75 Å². The summed E-state index contributed by atoms with van der Waals surface area (Å²) in [5.74, 6) is -0.0940. The molecule has 2 rings (SSSR count). The summed E-state index contributed by atoms with van der Waals surface area (Å²) in [6.45, 7) is 4.34. The topological polar surface area (TPSA) is 85.2 Å². The number of nitrogens with zero attached hydrogens (tertiary/aromatic N) is 2. The van der Waals surface area contributed by atoms with Crippen LogP contribution < -0.4 is 5.32 Å². The number of hydrogen-bond donors (Lipinski definition) is 3. The highest BCUT2D eigenvalue weighted by Gasteiger charge is 2.18.